The summed E-state index contributed by atoms with van der Waals surface area (Å²) in [6.07, 6.45) is 1.58. The first-order valence-corrected chi connectivity index (χ1v) is 6.18. The molecule has 0 aliphatic carbocycles. The maximum atomic E-state index is 11.3. The Bertz CT molecular complexity index is 411. The molecule has 0 saturated carbocycles. The SMILES string of the molecule is COC(=O)c1ccc(CN2CCNC[C@H]2C)nc1.Cl. The summed E-state index contributed by atoms with van der Waals surface area (Å²) in [6, 6.07) is 4.17. The van der Waals surface area contributed by atoms with Gasteiger partial charge in [-0.3, -0.25) is 9.88 Å². The number of hydrogen-bond acceptors (Lipinski definition) is 5. The van der Waals surface area contributed by atoms with E-state index in [4.69, 9.17) is 0 Å². The maximum Gasteiger partial charge on any atom is 0.339 e. The highest BCUT2D eigenvalue weighted by atomic mass is 35.5. The zero-order valence-electron chi connectivity index (χ0n) is 11.3. The molecular formula is C13H20ClN3O2. The molecule has 1 aromatic heterocycles. The molecule has 0 bridgehead atoms. The standard InChI is InChI=1S/C13H19N3O2.ClH/c1-10-7-14-5-6-16(10)9-12-4-3-11(8-15-12)13(17)18-2;/h3-4,8,10,14H,5-7,9H2,1-2H3;1H/t10-;/m1./s1. The van der Waals surface area contributed by atoms with Crippen molar-refractivity contribution in [2.24, 2.45) is 0 Å². The summed E-state index contributed by atoms with van der Waals surface area (Å²) in [5.74, 6) is -0.343. The van der Waals surface area contributed by atoms with Crippen LogP contribution in [-0.4, -0.2) is 48.6 Å². The Morgan fingerprint density at radius 1 is 1.58 bits per heavy atom. The molecule has 1 atom stereocenters. The van der Waals surface area contributed by atoms with Gasteiger partial charge in [-0.25, -0.2) is 4.79 Å². The van der Waals surface area contributed by atoms with E-state index in [0.29, 0.717) is 11.6 Å². The highest BCUT2D eigenvalue weighted by Crippen LogP contribution is 2.09. The number of esters is 1. The molecule has 2 rings (SSSR count). The van der Waals surface area contributed by atoms with Crippen molar-refractivity contribution in [3.8, 4) is 0 Å². The first-order valence-electron chi connectivity index (χ1n) is 6.18. The number of halogens is 1. The van der Waals surface area contributed by atoms with E-state index in [2.05, 4.69) is 26.9 Å². The maximum absolute atomic E-state index is 11.3. The van der Waals surface area contributed by atoms with Crippen LogP contribution >= 0.6 is 12.4 Å². The first-order chi connectivity index (χ1) is 8.70. The van der Waals surface area contributed by atoms with Crippen molar-refractivity contribution in [1.82, 2.24) is 15.2 Å². The summed E-state index contributed by atoms with van der Waals surface area (Å²) in [4.78, 5) is 18.0. The number of methoxy groups -OCH3 is 1. The zero-order valence-corrected chi connectivity index (χ0v) is 12.1. The molecule has 19 heavy (non-hydrogen) atoms. The average molecular weight is 286 g/mol. The fourth-order valence-electron chi connectivity index (χ4n) is 2.08. The van der Waals surface area contributed by atoms with E-state index in [1.165, 1.54) is 7.11 Å². The predicted octanol–water partition coefficient (Wildman–Crippen LogP) is 1.08. The molecule has 6 heteroatoms. The van der Waals surface area contributed by atoms with Gasteiger partial charge < -0.3 is 10.1 Å². The molecule has 5 nitrogen and oxygen atoms in total. The van der Waals surface area contributed by atoms with Crippen LogP contribution < -0.4 is 5.32 Å². The van der Waals surface area contributed by atoms with Crippen molar-refractivity contribution >= 4 is 18.4 Å². The van der Waals surface area contributed by atoms with Crippen molar-refractivity contribution in [2.75, 3.05) is 26.7 Å². The molecule has 0 unspecified atom stereocenters. The first kappa shape index (κ1) is 15.9. The van der Waals surface area contributed by atoms with E-state index in [0.717, 1.165) is 31.9 Å². The summed E-state index contributed by atoms with van der Waals surface area (Å²) in [5.41, 5.74) is 1.48. The Morgan fingerprint density at radius 3 is 2.95 bits per heavy atom. The van der Waals surface area contributed by atoms with Gasteiger partial charge >= 0.3 is 5.97 Å². The lowest BCUT2D eigenvalue weighted by Gasteiger charge is -2.33. The second-order valence-corrected chi connectivity index (χ2v) is 4.55. The van der Waals surface area contributed by atoms with Crippen LogP contribution in [0.3, 0.4) is 0 Å². The van der Waals surface area contributed by atoms with Gasteiger partial charge in [-0.15, -0.1) is 12.4 Å². The van der Waals surface area contributed by atoms with Gasteiger partial charge in [0.05, 0.1) is 18.4 Å². The number of rotatable bonds is 3. The third-order valence-corrected chi connectivity index (χ3v) is 3.25. The Labute approximate surface area is 119 Å². The van der Waals surface area contributed by atoms with Crippen molar-refractivity contribution in [3.63, 3.8) is 0 Å². The number of nitrogens with zero attached hydrogens (tertiary/aromatic N) is 2. The summed E-state index contributed by atoms with van der Waals surface area (Å²) in [6.45, 7) is 6.09. The molecule has 1 saturated heterocycles. The van der Waals surface area contributed by atoms with Gasteiger partial charge in [0.25, 0.3) is 0 Å². The quantitative estimate of drug-likeness (QED) is 0.843. The third-order valence-electron chi connectivity index (χ3n) is 3.25. The van der Waals surface area contributed by atoms with Crippen LogP contribution in [0.1, 0.15) is 23.0 Å². The van der Waals surface area contributed by atoms with Crippen LogP contribution in [0.4, 0.5) is 0 Å². The van der Waals surface area contributed by atoms with E-state index >= 15 is 0 Å². The fraction of sp³-hybridized carbons (Fsp3) is 0.538. The van der Waals surface area contributed by atoms with Crippen molar-refractivity contribution < 1.29 is 9.53 Å². The largest absolute Gasteiger partial charge is 0.465 e. The van der Waals surface area contributed by atoms with Crippen LogP contribution in [0, 0.1) is 0 Å². The van der Waals surface area contributed by atoms with Gasteiger partial charge in [0.1, 0.15) is 0 Å². The summed E-state index contributed by atoms with van der Waals surface area (Å²) >= 11 is 0. The minimum atomic E-state index is -0.343. The number of carbonyl (C=O) groups excluding carboxylic acids is 1. The number of ether oxygens (including phenoxy) is 1. The molecule has 106 valence electrons. The molecule has 0 radical (unpaired) electrons. The van der Waals surface area contributed by atoms with Crippen molar-refractivity contribution in [3.05, 3.63) is 29.6 Å². The molecule has 0 spiro atoms. The van der Waals surface area contributed by atoms with Crippen molar-refractivity contribution in [2.45, 2.75) is 19.5 Å². The van der Waals surface area contributed by atoms with E-state index in [1.54, 1.807) is 12.3 Å². The predicted molar refractivity (Wildman–Crippen MR) is 75.6 cm³/mol. The normalized spacial score (nSPS) is 19.6. The Kier molecular flexibility index (Phi) is 6.21. The molecule has 1 fully saturated rings. The molecule has 1 aromatic rings. The summed E-state index contributed by atoms with van der Waals surface area (Å²) in [7, 11) is 1.37. The van der Waals surface area contributed by atoms with Gasteiger partial charge in [-0.1, -0.05) is 0 Å². The number of aromatic nitrogens is 1. The average Bonchev–Trinajstić information content (AvgIpc) is 2.41. The third kappa shape index (κ3) is 4.16. The van der Waals surface area contributed by atoms with Gasteiger partial charge in [0, 0.05) is 38.4 Å². The lowest BCUT2D eigenvalue weighted by Crippen LogP contribution is -2.49. The Balaban J connectivity index is 0.00000180. The monoisotopic (exact) mass is 285 g/mol. The number of nitrogens with one attached hydrogen (secondary N) is 1. The van der Waals surface area contributed by atoms with Crippen molar-refractivity contribution in [1.29, 1.82) is 0 Å². The lowest BCUT2D eigenvalue weighted by molar-refractivity contribution is 0.0600. The van der Waals surface area contributed by atoms with Crippen LogP contribution in [0.25, 0.3) is 0 Å². The van der Waals surface area contributed by atoms with Gasteiger partial charge in [-0.2, -0.15) is 0 Å². The van der Waals surface area contributed by atoms with Crippen LogP contribution in [-0.2, 0) is 11.3 Å². The zero-order chi connectivity index (χ0) is 13.0. The molecule has 0 amide bonds. The lowest BCUT2D eigenvalue weighted by atomic mass is 10.2. The Hall–Kier alpha value is -1.17. The summed E-state index contributed by atoms with van der Waals surface area (Å²) in [5, 5.41) is 3.36. The molecule has 0 aromatic carbocycles. The number of pyridine rings is 1. The highest BCUT2D eigenvalue weighted by molar-refractivity contribution is 5.88. The van der Waals surface area contributed by atoms with Gasteiger partial charge in [-0.05, 0) is 19.1 Å². The van der Waals surface area contributed by atoms with Crippen LogP contribution in [0.5, 0.6) is 0 Å². The van der Waals surface area contributed by atoms with E-state index in [9.17, 15) is 4.79 Å². The van der Waals surface area contributed by atoms with Gasteiger partial charge in [0.15, 0.2) is 0 Å². The summed E-state index contributed by atoms with van der Waals surface area (Å²) < 4.78 is 4.65. The number of piperazine rings is 1. The van der Waals surface area contributed by atoms with E-state index < -0.39 is 0 Å². The highest BCUT2D eigenvalue weighted by Gasteiger charge is 2.18. The molecule has 2 heterocycles. The number of carbonyl (C=O) groups is 1. The molecular weight excluding hydrogens is 266 g/mol. The number of hydrogen-bond donors (Lipinski definition) is 1. The second-order valence-electron chi connectivity index (χ2n) is 4.55. The molecule has 1 N–H and O–H groups in total. The molecule has 1 aliphatic heterocycles. The molecule has 1 aliphatic rings. The van der Waals surface area contributed by atoms with Crippen LogP contribution in [0.2, 0.25) is 0 Å². The van der Waals surface area contributed by atoms with E-state index in [-0.39, 0.29) is 18.4 Å². The minimum Gasteiger partial charge on any atom is -0.465 e. The van der Waals surface area contributed by atoms with Gasteiger partial charge in [0.2, 0.25) is 0 Å². The second kappa shape index (κ2) is 7.43. The van der Waals surface area contributed by atoms with E-state index in [1.807, 2.05) is 6.07 Å². The van der Waals surface area contributed by atoms with Crippen LogP contribution in [0.15, 0.2) is 18.3 Å². The topological polar surface area (TPSA) is 54.5 Å². The minimum absolute atomic E-state index is 0. The fourth-order valence-corrected chi connectivity index (χ4v) is 2.08. The Morgan fingerprint density at radius 2 is 2.37 bits per heavy atom. The smallest absolute Gasteiger partial charge is 0.339 e.